The van der Waals surface area contributed by atoms with Gasteiger partial charge in [-0.1, -0.05) is 0 Å². The van der Waals surface area contributed by atoms with Crippen molar-refractivity contribution < 1.29 is 0 Å². The van der Waals surface area contributed by atoms with E-state index in [2.05, 4.69) is 33.3 Å². The van der Waals surface area contributed by atoms with Crippen LogP contribution in [0.25, 0.3) is 11.2 Å². The zero-order valence-electron chi connectivity index (χ0n) is 10.2. The van der Waals surface area contributed by atoms with Gasteiger partial charge in [0.15, 0.2) is 5.65 Å². The number of pyridine rings is 1. The number of hydrogen-bond donors (Lipinski definition) is 2. The van der Waals surface area contributed by atoms with Gasteiger partial charge < -0.3 is 10.3 Å². The molecule has 1 unspecified atom stereocenters. The Balaban J connectivity index is 1.72. The van der Waals surface area contributed by atoms with Crippen molar-refractivity contribution >= 4 is 11.2 Å². The summed E-state index contributed by atoms with van der Waals surface area (Å²) in [6, 6.07) is 2.11. The fraction of sp³-hybridized carbons (Fsp3) is 0.538. The third-order valence-corrected chi connectivity index (χ3v) is 3.47. The maximum atomic E-state index is 4.53. The Morgan fingerprint density at radius 3 is 3.24 bits per heavy atom. The number of fused-ring (bicyclic) bond motifs is 1. The van der Waals surface area contributed by atoms with Crippen LogP contribution in [0.5, 0.6) is 0 Å². The van der Waals surface area contributed by atoms with Crippen molar-refractivity contribution in [2.24, 2.45) is 5.92 Å². The second-order valence-electron chi connectivity index (χ2n) is 4.96. The minimum absolute atomic E-state index is 0.818. The van der Waals surface area contributed by atoms with Gasteiger partial charge in [0.1, 0.15) is 5.82 Å². The highest BCUT2D eigenvalue weighted by molar-refractivity contribution is 5.70. The second kappa shape index (κ2) is 4.45. The highest BCUT2D eigenvalue weighted by atomic mass is 15.0. The molecule has 1 fully saturated rings. The summed E-state index contributed by atoms with van der Waals surface area (Å²) in [5.41, 5.74) is 3.08. The molecule has 2 N–H and O–H groups in total. The van der Waals surface area contributed by atoms with E-state index >= 15 is 0 Å². The van der Waals surface area contributed by atoms with E-state index in [-0.39, 0.29) is 0 Å². The molecule has 0 amide bonds. The van der Waals surface area contributed by atoms with Gasteiger partial charge in [0, 0.05) is 12.6 Å². The van der Waals surface area contributed by atoms with E-state index in [1.54, 1.807) is 0 Å². The highest BCUT2D eigenvalue weighted by Crippen LogP contribution is 2.16. The molecule has 1 atom stereocenters. The number of nitrogens with zero attached hydrogens (tertiary/aromatic N) is 2. The first-order valence-corrected chi connectivity index (χ1v) is 6.33. The van der Waals surface area contributed by atoms with Gasteiger partial charge in [-0.15, -0.1) is 0 Å². The number of aromatic amines is 1. The molecule has 0 radical (unpaired) electrons. The molecule has 0 saturated carbocycles. The molecule has 2 aromatic heterocycles. The minimum atomic E-state index is 0.818. The van der Waals surface area contributed by atoms with E-state index in [9.17, 15) is 0 Å². The van der Waals surface area contributed by atoms with Crippen molar-refractivity contribution in [3.8, 4) is 0 Å². The molecule has 0 aromatic carbocycles. The first-order valence-electron chi connectivity index (χ1n) is 6.33. The predicted octanol–water partition coefficient (Wildman–Crippen LogP) is 1.81. The molecule has 3 rings (SSSR count). The Hall–Kier alpha value is -1.42. The zero-order chi connectivity index (χ0) is 11.7. The van der Waals surface area contributed by atoms with Crippen molar-refractivity contribution in [2.75, 3.05) is 13.1 Å². The van der Waals surface area contributed by atoms with Gasteiger partial charge in [-0.3, -0.25) is 0 Å². The Labute approximate surface area is 101 Å². The van der Waals surface area contributed by atoms with Crippen LogP contribution in [-0.2, 0) is 6.42 Å². The first kappa shape index (κ1) is 10.7. The molecule has 90 valence electrons. The average Bonchev–Trinajstić information content (AvgIpc) is 2.94. The number of rotatable bonds is 3. The molecule has 0 aliphatic carbocycles. The third-order valence-electron chi connectivity index (χ3n) is 3.47. The SMILES string of the molecule is Cc1cnc2nc(CCC3CCNC3)[nH]c2c1. The molecule has 4 nitrogen and oxygen atoms in total. The van der Waals surface area contributed by atoms with Gasteiger partial charge in [-0.2, -0.15) is 0 Å². The highest BCUT2D eigenvalue weighted by Gasteiger charge is 2.15. The fourth-order valence-electron chi connectivity index (χ4n) is 2.47. The predicted molar refractivity (Wildman–Crippen MR) is 67.9 cm³/mol. The zero-order valence-corrected chi connectivity index (χ0v) is 10.2. The number of nitrogens with one attached hydrogen (secondary N) is 2. The summed E-state index contributed by atoms with van der Waals surface area (Å²) >= 11 is 0. The van der Waals surface area contributed by atoms with Gasteiger partial charge in [-0.25, -0.2) is 9.97 Å². The van der Waals surface area contributed by atoms with Gasteiger partial charge in [0.05, 0.1) is 5.52 Å². The summed E-state index contributed by atoms with van der Waals surface area (Å²) in [5, 5.41) is 3.40. The third kappa shape index (κ3) is 2.31. The number of H-pyrrole nitrogens is 1. The summed E-state index contributed by atoms with van der Waals surface area (Å²) in [5.74, 6) is 1.89. The molecule has 4 heteroatoms. The van der Waals surface area contributed by atoms with E-state index < -0.39 is 0 Å². The van der Waals surface area contributed by atoms with Crippen LogP contribution in [-0.4, -0.2) is 28.0 Å². The van der Waals surface area contributed by atoms with Gasteiger partial charge in [0.2, 0.25) is 0 Å². The number of hydrogen-bond acceptors (Lipinski definition) is 3. The topological polar surface area (TPSA) is 53.6 Å². The lowest BCUT2D eigenvalue weighted by molar-refractivity contribution is 0.526. The summed E-state index contributed by atoms with van der Waals surface area (Å²) in [4.78, 5) is 12.2. The molecule has 3 heterocycles. The van der Waals surface area contributed by atoms with Gasteiger partial charge in [-0.05, 0) is 50.4 Å². The summed E-state index contributed by atoms with van der Waals surface area (Å²) in [6.45, 7) is 4.39. The lowest BCUT2D eigenvalue weighted by Crippen LogP contribution is -2.09. The molecule has 17 heavy (non-hydrogen) atoms. The molecule has 1 aliphatic rings. The van der Waals surface area contributed by atoms with Gasteiger partial charge in [0.25, 0.3) is 0 Å². The first-order chi connectivity index (χ1) is 8.31. The Morgan fingerprint density at radius 1 is 1.47 bits per heavy atom. The number of imidazole rings is 1. The standard InChI is InChI=1S/C13H18N4/c1-9-6-11-13(15-7-9)17-12(16-11)3-2-10-4-5-14-8-10/h6-7,10,14H,2-5,8H2,1H3,(H,15,16,17). The Bertz CT molecular complexity index is 511. The number of aryl methyl sites for hydroxylation is 2. The fourth-order valence-corrected chi connectivity index (χ4v) is 2.47. The van der Waals surface area contributed by atoms with E-state index in [0.29, 0.717) is 0 Å². The largest absolute Gasteiger partial charge is 0.341 e. The van der Waals surface area contributed by atoms with Crippen molar-refractivity contribution in [2.45, 2.75) is 26.2 Å². The number of aromatic nitrogens is 3. The normalized spacial score (nSPS) is 20.2. The molecule has 0 spiro atoms. The minimum Gasteiger partial charge on any atom is -0.341 e. The monoisotopic (exact) mass is 230 g/mol. The quantitative estimate of drug-likeness (QED) is 0.845. The van der Waals surface area contributed by atoms with Crippen LogP contribution in [0.4, 0.5) is 0 Å². The molecule has 1 aliphatic heterocycles. The van der Waals surface area contributed by atoms with Crippen LogP contribution in [0.1, 0.15) is 24.2 Å². The second-order valence-corrected chi connectivity index (χ2v) is 4.96. The van der Waals surface area contributed by atoms with Crippen molar-refractivity contribution in [1.82, 2.24) is 20.3 Å². The molecule has 1 saturated heterocycles. The Morgan fingerprint density at radius 2 is 2.41 bits per heavy atom. The smallest absolute Gasteiger partial charge is 0.177 e. The van der Waals surface area contributed by atoms with Crippen LogP contribution < -0.4 is 5.32 Å². The van der Waals surface area contributed by atoms with Crippen LogP contribution >= 0.6 is 0 Å². The summed E-state index contributed by atoms with van der Waals surface area (Å²) in [6.07, 6.45) is 5.42. The van der Waals surface area contributed by atoms with Crippen LogP contribution in [0.2, 0.25) is 0 Å². The van der Waals surface area contributed by atoms with Crippen molar-refractivity contribution in [1.29, 1.82) is 0 Å². The van der Waals surface area contributed by atoms with E-state index in [1.807, 2.05) is 6.20 Å². The van der Waals surface area contributed by atoms with Crippen LogP contribution in [0, 0.1) is 12.8 Å². The van der Waals surface area contributed by atoms with Crippen LogP contribution in [0.3, 0.4) is 0 Å². The molecule has 2 aromatic rings. The van der Waals surface area contributed by atoms with Crippen LogP contribution in [0.15, 0.2) is 12.3 Å². The summed E-state index contributed by atoms with van der Waals surface area (Å²) < 4.78 is 0. The van der Waals surface area contributed by atoms with E-state index in [1.165, 1.54) is 24.9 Å². The molecular formula is C13H18N4. The van der Waals surface area contributed by atoms with Gasteiger partial charge >= 0.3 is 0 Å². The summed E-state index contributed by atoms with van der Waals surface area (Å²) in [7, 11) is 0. The Kier molecular flexibility index (Phi) is 2.81. The lowest BCUT2D eigenvalue weighted by atomic mass is 10.0. The maximum absolute atomic E-state index is 4.53. The molecular weight excluding hydrogens is 212 g/mol. The lowest BCUT2D eigenvalue weighted by Gasteiger charge is -2.05. The van der Waals surface area contributed by atoms with E-state index in [4.69, 9.17) is 0 Å². The maximum Gasteiger partial charge on any atom is 0.177 e. The molecule has 0 bridgehead atoms. The average molecular weight is 230 g/mol. The van der Waals surface area contributed by atoms with E-state index in [0.717, 1.165) is 35.9 Å². The van der Waals surface area contributed by atoms with Crippen molar-refractivity contribution in [3.63, 3.8) is 0 Å². The van der Waals surface area contributed by atoms with Crippen molar-refractivity contribution in [3.05, 3.63) is 23.7 Å².